The SMILES string of the molecule is O=S(=O)(NCC1CCN(c2nc3ccccc3o2)CC1)c1ccc(Br)cc1. The molecular weight excluding hydrogens is 430 g/mol. The van der Waals surface area contributed by atoms with Crippen LogP contribution in [0.4, 0.5) is 6.01 Å². The Morgan fingerprint density at radius 2 is 1.81 bits per heavy atom. The molecule has 0 unspecified atom stereocenters. The molecule has 6 nitrogen and oxygen atoms in total. The van der Waals surface area contributed by atoms with E-state index in [1.54, 1.807) is 24.3 Å². The van der Waals surface area contributed by atoms with Gasteiger partial charge in [-0.15, -0.1) is 0 Å². The second kappa shape index (κ2) is 7.61. The number of oxazole rings is 1. The van der Waals surface area contributed by atoms with Gasteiger partial charge in [0.2, 0.25) is 10.0 Å². The largest absolute Gasteiger partial charge is 0.423 e. The number of anilines is 1. The van der Waals surface area contributed by atoms with E-state index in [4.69, 9.17) is 4.42 Å². The minimum atomic E-state index is -3.47. The molecule has 1 N–H and O–H groups in total. The van der Waals surface area contributed by atoms with Gasteiger partial charge in [-0.25, -0.2) is 13.1 Å². The van der Waals surface area contributed by atoms with E-state index in [2.05, 4.69) is 30.5 Å². The molecule has 0 bridgehead atoms. The van der Waals surface area contributed by atoms with Crippen molar-refractivity contribution in [1.82, 2.24) is 9.71 Å². The first-order valence-corrected chi connectivity index (χ1v) is 11.1. The topological polar surface area (TPSA) is 75.4 Å². The van der Waals surface area contributed by atoms with Crippen LogP contribution in [0.5, 0.6) is 0 Å². The number of fused-ring (bicyclic) bond motifs is 1. The molecule has 0 atom stereocenters. The van der Waals surface area contributed by atoms with Crippen LogP contribution in [0, 0.1) is 5.92 Å². The zero-order chi connectivity index (χ0) is 18.9. The summed E-state index contributed by atoms with van der Waals surface area (Å²) in [5.41, 5.74) is 1.65. The number of sulfonamides is 1. The van der Waals surface area contributed by atoms with Gasteiger partial charge < -0.3 is 9.32 Å². The average Bonchev–Trinajstić information content (AvgIpc) is 3.11. The molecule has 0 amide bonds. The lowest BCUT2D eigenvalue weighted by Crippen LogP contribution is -2.38. The summed E-state index contributed by atoms with van der Waals surface area (Å²) in [6.07, 6.45) is 1.78. The van der Waals surface area contributed by atoms with Crippen LogP contribution < -0.4 is 9.62 Å². The third-order valence-electron chi connectivity index (χ3n) is 4.85. The second-order valence-electron chi connectivity index (χ2n) is 6.70. The molecule has 1 aliphatic rings. The van der Waals surface area contributed by atoms with Gasteiger partial charge in [0.05, 0.1) is 4.90 Å². The molecule has 3 aromatic rings. The number of piperidine rings is 1. The summed E-state index contributed by atoms with van der Waals surface area (Å²) in [6.45, 7) is 2.05. The van der Waals surface area contributed by atoms with Crippen LogP contribution in [-0.2, 0) is 10.0 Å². The highest BCUT2D eigenvalue weighted by Gasteiger charge is 2.24. The number of hydrogen-bond acceptors (Lipinski definition) is 5. The maximum atomic E-state index is 12.4. The highest BCUT2D eigenvalue weighted by atomic mass is 79.9. The van der Waals surface area contributed by atoms with E-state index in [9.17, 15) is 8.42 Å². The van der Waals surface area contributed by atoms with Crippen LogP contribution in [-0.4, -0.2) is 33.0 Å². The molecule has 1 saturated heterocycles. The molecule has 0 spiro atoms. The summed E-state index contributed by atoms with van der Waals surface area (Å²) < 4.78 is 34.2. The fraction of sp³-hybridized carbons (Fsp3) is 0.316. The molecule has 0 saturated carbocycles. The van der Waals surface area contributed by atoms with Crippen molar-refractivity contribution in [3.63, 3.8) is 0 Å². The molecule has 1 aliphatic heterocycles. The Hall–Kier alpha value is -1.90. The third-order valence-corrected chi connectivity index (χ3v) is 6.82. The van der Waals surface area contributed by atoms with Gasteiger partial charge in [0.1, 0.15) is 5.52 Å². The first-order chi connectivity index (χ1) is 13.0. The zero-order valence-electron chi connectivity index (χ0n) is 14.6. The van der Waals surface area contributed by atoms with E-state index in [1.165, 1.54) is 0 Å². The summed E-state index contributed by atoms with van der Waals surface area (Å²) in [4.78, 5) is 6.95. The standard InChI is InChI=1S/C19H20BrN3O3S/c20-15-5-7-16(8-6-15)27(24,25)21-13-14-9-11-23(12-10-14)19-22-17-3-1-2-4-18(17)26-19/h1-8,14,21H,9-13H2. The molecule has 4 rings (SSSR count). The maximum absolute atomic E-state index is 12.4. The lowest BCUT2D eigenvalue weighted by atomic mass is 9.97. The molecule has 0 radical (unpaired) electrons. The van der Waals surface area contributed by atoms with Gasteiger partial charge >= 0.3 is 0 Å². The highest BCUT2D eigenvalue weighted by Crippen LogP contribution is 2.26. The van der Waals surface area contributed by atoms with Crippen molar-refractivity contribution in [1.29, 1.82) is 0 Å². The number of nitrogens with zero attached hydrogens (tertiary/aromatic N) is 2. The Kier molecular flexibility index (Phi) is 5.21. The average molecular weight is 450 g/mol. The molecule has 1 fully saturated rings. The fourth-order valence-electron chi connectivity index (χ4n) is 3.25. The van der Waals surface area contributed by atoms with Gasteiger partial charge in [-0.3, -0.25) is 0 Å². The van der Waals surface area contributed by atoms with Crippen LogP contribution in [0.2, 0.25) is 0 Å². The Morgan fingerprint density at radius 1 is 1.11 bits per heavy atom. The van der Waals surface area contributed by atoms with Crippen LogP contribution in [0.25, 0.3) is 11.1 Å². The number of nitrogens with one attached hydrogen (secondary N) is 1. The second-order valence-corrected chi connectivity index (χ2v) is 9.38. The van der Waals surface area contributed by atoms with Crippen molar-refractivity contribution in [2.75, 3.05) is 24.5 Å². The monoisotopic (exact) mass is 449 g/mol. The van der Waals surface area contributed by atoms with Crippen molar-refractivity contribution < 1.29 is 12.8 Å². The van der Waals surface area contributed by atoms with Crippen LogP contribution in [0.1, 0.15) is 12.8 Å². The van der Waals surface area contributed by atoms with Crippen LogP contribution in [0.3, 0.4) is 0 Å². The maximum Gasteiger partial charge on any atom is 0.298 e. The molecule has 1 aromatic heterocycles. The number of halogens is 1. The lowest BCUT2D eigenvalue weighted by Gasteiger charge is -2.30. The van der Waals surface area contributed by atoms with Crippen molar-refractivity contribution in [3.8, 4) is 0 Å². The number of hydrogen-bond donors (Lipinski definition) is 1. The zero-order valence-corrected chi connectivity index (χ0v) is 17.0. The van der Waals surface area contributed by atoms with Crippen molar-refractivity contribution >= 4 is 43.1 Å². The van der Waals surface area contributed by atoms with E-state index in [0.717, 1.165) is 41.5 Å². The third kappa shape index (κ3) is 4.17. The highest BCUT2D eigenvalue weighted by molar-refractivity contribution is 9.10. The molecule has 142 valence electrons. The molecular formula is C19H20BrN3O3S. The number of benzene rings is 2. The van der Waals surface area contributed by atoms with Gasteiger partial charge in [-0.1, -0.05) is 28.1 Å². The van der Waals surface area contributed by atoms with Gasteiger partial charge in [0.25, 0.3) is 6.01 Å². The van der Waals surface area contributed by atoms with E-state index in [1.807, 2.05) is 24.3 Å². The van der Waals surface area contributed by atoms with E-state index < -0.39 is 10.0 Å². The Labute approximate surface area is 166 Å². The first kappa shape index (κ1) is 18.5. The predicted octanol–water partition coefficient (Wildman–Crippen LogP) is 3.79. The molecule has 2 aromatic carbocycles. The van der Waals surface area contributed by atoms with Gasteiger partial charge in [0.15, 0.2) is 5.58 Å². The number of rotatable bonds is 5. The van der Waals surface area contributed by atoms with E-state index >= 15 is 0 Å². The van der Waals surface area contributed by atoms with Crippen LogP contribution >= 0.6 is 15.9 Å². The van der Waals surface area contributed by atoms with E-state index in [-0.39, 0.29) is 4.90 Å². The first-order valence-electron chi connectivity index (χ1n) is 8.87. The lowest BCUT2D eigenvalue weighted by molar-refractivity contribution is 0.387. The predicted molar refractivity (Wildman–Crippen MR) is 108 cm³/mol. The van der Waals surface area contributed by atoms with Crippen molar-refractivity contribution in [3.05, 3.63) is 53.0 Å². The number of aromatic nitrogens is 1. The summed E-state index contributed by atoms with van der Waals surface area (Å²) in [5.74, 6) is 0.302. The quantitative estimate of drug-likeness (QED) is 0.641. The molecule has 2 heterocycles. The summed E-state index contributed by atoms with van der Waals surface area (Å²) >= 11 is 3.32. The number of para-hydroxylation sites is 2. The Bertz CT molecular complexity index is 993. The van der Waals surface area contributed by atoms with Crippen LogP contribution in [0.15, 0.2) is 62.3 Å². The normalized spacial score (nSPS) is 16.1. The molecule has 27 heavy (non-hydrogen) atoms. The molecule has 8 heteroatoms. The Morgan fingerprint density at radius 3 is 2.52 bits per heavy atom. The van der Waals surface area contributed by atoms with E-state index in [0.29, 0.717) is 18.5 Å². The minimum Gasteiger partial charge on any atom is -0.423 e. The van der Waals surface area contributed by atoms with Gasteiger partial charge in [-0.2, -0.15) is 4.98 Å². The summed E-state index contributed by atoms with van der Waals surface area (Å²) in [7, 11) is -3.47. The van der Waals surface area contributed by atoms with Crippen molar-refractivity contribution in [2.45, 2.75) is 17.7 Å². The fourth-order valence-corrected chi connectivity index (χ4v) is 4.63. The smallest absolute Gasteiger partial charge is 0.298 e. The minimum absolute atomic E-state index is 0.287. The Balaban J connectivity index is 1.33. The van der Waals surface area contributed by atoms with Gasteiger partial charge in [0, 0.05) is 24.1 Å². The summed E-state index contributed by atoms with van der Waals surface area (Å²) in [5, 5.41) is 0. The molecule has 0 aliphatic carbocycles. The summed E-state index contributed by atoms with van der Waals surface area (Å²) in [6, 6.07) is 15.0. The van der Waals surface area contributed by atoms with Gasteiger partial charge in [-0.05, 0) is 55.2 Å². The van der Waals surface area contributed by atoms with Crippen molar-refractivity contribution in [2.24, 2.45) is 5.92 Å².